The van der Waals surface area contributed by atoms with Crippen molar-refractivity contribution in [3.05, 3.63) is 29.2 Å². The molecular weight excluding hydrogens is 340 g/mol. The highest BCUT2D eigenvalue weighted by molar-refractivity contribution is 7.91. The summed E-state index contributed by atoms with van der Waals surface area (Å²) < 4.78 is 25.4. The molecule has 2 fully saturated rings. The number of amides is 1. The molecule has 0 spiro atoms. The Kier molecular flexibility index (Phi) is 3.08. The number of fused-ring (bicyclic) bond motifs is 6. The summed E-state index contributed by atoms with van der Waals surface area (Å²) in [6.07, 6.45) is 4.96. The van der Waals surface area contributed by atoms with Crippen molar-refractivity contribution in [2.45, 2.75) is 44.7 Å². The number of nitrogens with zero attached hydrogens (tertiary/aromatic N) is 4. The van der Waals surface area contributed by atoms with Crippen molar-refractivity contribution >= 4 is 21.4 Å². The highest BCUT2D eigenvalue weighted by Crippen LogP contribution is 2.44. The number of carbonyl (C=O) groups is 1. The summed E-state index contributed by atoms with van der Waals surface area (Å²) in [5, 5.41) is 4.56. The van der Waals surface area contributed by atoms with Crippen LogP contribution in [0.1, 0.15) is 42.3 Å². The Hall–Kier alpha value is -1.96. The first-order valence-corrected chi connectivity index (χ1v) is 10.6. The molecule has 3 atom stereocenters. The van der Waals surface area contributed by atoms with Crippen molar-refractivity contribution in [3.8, 4) is 0 Å². The third-order valence-electron chi connectivity index (χ3n) is 5.86. The van der Waals surface area contributed by atoms with Gasteiger partial charge in [-0.2, -0.15) is 5.10 Å². The van der Waals surface area contributed by atoms with Gasteiger partial charge in [0.15, 0.2) is 15.5 Å². The summed E-state index contributed by atoms with van der Waals surface area (Å²) in [6.45, 7) is 1.95. The van der Waals surface area contributed by atoms with Crippen LogP contribution < -0.4 is 0 Å². The summed E-state index contributed by atoms with van der Waals surface area (Å²) in [7, 11) is -3.05. The number of hydrogen-bond acceptors (Lipinski definition) is 5. The van der Waals surface area contributed by atoms with Crippen LogP contribution in [-0.2, 0) is 21.1 Å². The van der Waals surface area contributed by atoms with Crippen LogP contribution in [0.2, 0.25) is 0 Å². The van der Waals surface area contributed by atoms with E-state index in [1.807, 2.05) is 28.6 Å². The summed E-state index contributed by atoms with van der Waals surface area (Å²) in [5.41, 5.74) is 3.99. The molecule has 2 aromatic heterocycles. The molecule has 0 radical (unpaired) electrons. The Morgan fingerprint density at radius 1 is 1.28 bits per heavy atom. The molecule has 2 aromatic rings. The summed E-state index contributed by atoms with van der Waals surface area (Å²) in [5.74, 6) is -0.225. The third kappa shape index (κ3) is 2.23. The molecule has 0 N–H and O–H groups in total. The van der Waals surface area contributed by atoms with Crippen LogP contribution in [0.3, 0.4) is 0 Å². The first-order valence-electron chi connectivity index (χ1n) is 8.80. The lowest BCUT2D eigenvalue weighted by Gasteiger charge is -2.37. The largest absolute Gasteiger partial charge is 0.332 e. The van der Waals surface area contributed by atoms with E-state index in [2.05, 4.69) is 10.1 Å². The van der Waals surface area contributed by atoms with E-state index >= 15 is 0 Å². The van der Waals surface area contributed by atoms with Crippen molar-refractivity contribution < 1.29 is 13.2 Å². The van der Waals surface area contributed by atoms with Gasteiger partial charge in [0, 0.05) is 30.3 Å². The monoisotopic (exact) mass is 360 g/mol. The van der Waals surface area contributed by atoms with Crippen LogP contribution in [0.5, 0.6) is 0 Å². The summed E-state index contributed by atoms with van der Waals surface area (Å²) in [6, 6.07) is 2.11. The minimum absolute atomic E-state index is 0.00423. The Morgan fingerprint density at radius 3 is 2.88 bits per heavy atom. The number of aromatic nitrogens is 3. The molecule has 7 nitrogen and oxygen atoms in total. The maximum Gasteiger partial charge on any atom is 0.227 e. The fourth-order valence-electron chi connectivity index (χ4n) is 4.74. The number of carbonyl (C=O) groups excluding carboxylic acids is 1. The molecule has 132 valence electrons. The standard InChI is InChI=1S/C17H20N4O3S/c1-10-6-16-18-8-13-14-3-2-12(7-15(13)21(16)19-10)20(14)17(22)11-4-5-25(23,24)9-11/h6,8,11-12,14H,2-5,7,9H2,1H3/t11-,12-,14-/m1/s1. The third-order valence-corrected chi connectivity index (χ3v) is 7.63. The second-order valence-corrected chi connectivity index (χ2v) is 9.74. The molecule has 3 aliphatic rings. The first kappa shape index (κ1) is 15.3. The molecule has 5 heterocycles. The van der Waals surface area contributed by atoms with Crippen LogP contribution in [0.15, 0.2) is 12.3 Å². The van der Waals surface area contributed by atoms with Crippen molar-refractivity contribution in [1.82, 2.24) is 19.5 Å². The Labute approximate surface area is 146 Å². The minimum Gasteiger partial charge on any atom is -0.332 e. The lowest BCUT2D eigenvalue weighted by atomic mass is 9.96. The van der Waals surface area contributed by atoms with Crippen molar-refractivity contribution in [2.24, 2.45) is 5.92 Å². The van der Waals surface area contributed by atoms with Gasteiger partial charge in [0.25, 0.3) is 0 Å². The quantitative estimate of drug-likeness (QED) is 0.759. The molecule has 0 saturated carbocycles. The van der Waals surface area contributed by atoms with Crippen LogP contribution in [0, 0.1) is 12.8 Å². The number of hydrogen-bond donors (Lipinski definition) is 0. The minimum atomic E-state index is -3.05. The highest BCUT2D eigenvalue weighted by Gasteiger charge is 2.47. The molecule has 0 aromatic carbocycles. The molecular formula is C17H20N4O3S. The van der Waals surface area contributed by atoms with Gasteiger partial charge in [0.2, 0.25) is 5.91 Å². The zero-order valence-corrected chi connectivity index (χ0v) is 14.9. The van der Waals surface area contributed by atoms with Gasteiger partial charge in [0.1, 0.15) is 0 Å². The maximum atomic E-state index is 13.0. The van der Waals surface area contributed by atoms with Crippen LogP contribution >= 0.6 is 0 Å². The molecule has 1 amide bonds. The fourth-order valence-corrected chi connectivity index (χ4v) is 6.47. The number of sulfone groups is 1. The van der Waals surface area contributed by atoms with Crippen LogP contribution in [0.4, 0.5) is 0 Å². The molecule has 25 heavy (non-hydrogen) atoms. The first-order chi connectivity index (χ1) is 11.9. The summed E-state index contributed by atoms with van der Waals surface area (Å²) in [4.78, 5) is 19.5. The maximum absolute atomic E-state index is 13.0. The zero-order chi connectivity index (χ0) is 17.3. The number of aryl methyl sites for hydroxylation is 1. The molecule has 8 heteroatoms. The van der Waals surface area contributed by atoms with Gasteiger partial charge < -0.3 is 4.90 Å². The van der Waals surface area contributed by atoms with E-state index in [-0.39, 0.29) is 35.4 Å². The summed E-state index contributed by atoms with van der Waals surface area (Å²) >= 11 is 0. The molecule has 2 saturated heterocycles. The van der Waals surface area contributed by atoms with E-state index < -0.39 is 9.84 Å². The Morgan fingerprint density at radius 2 is 2.12 bits per heavy atom. The van der Waals surface area contributed by atoms with E-state index in [4.69, 9.17) is 0 Å². The van der Waals surface area contributed by atoms with Crippen LogP contribution in [-0.4, -0.2) is 51.4 Å². The SMILES string of the molecule is Cc1cc2ncc3c(n2n1)C[C@H]1CC[C@H]3N1C(=O)[C@@H]1CCS(=O)(=O)C1. The van der Waals surface area contributed by atoms with Crippen LogP contribution in [0.25, 0.3) is 5.65 Å². The second-order valence-electron chi connectivity index (χ2n) is 7.51. The molecule has 0 aliphatic carbocycles. The van der Waals surface area contributed by atoms with Gasteiger partial charge >= 0.3 is 0 Å². The van der Waals surface area contributed by atoms with E-state index in [0.717, 1.165) is 41.9 Å². The average Bonchev–Trinajstić information content (AvgIpc) is 3.21. The van der Waals surface area contributed by atoms with Gasteiger partial charge in [-0.1, -0.05) is 0 Å². The normalized spacial score (nSPS) is 30.0. The van der Waals surface area contributed by atoms with Crippen molar-refractivity contribution in [2.75, 3.05) is 11.5 Å². The van der Waals surface area contributed by atoms with Crippen molar-refractivity contribution in [1.29, 1.82) is 0 Å². The van der Waals surface area contributed by atoms with Gasteiger partial charge in [-0.25, -0.2) is 17.9 Å². The molecule has 2 bridgehead atoms. The topological polar surface area (TPSA) is 84.6 Å². The predicted molar refractivity (Wildman–Crippen MR) is 90.8 cm³/mol. The predicted octanol–water partition coefficient (Wildman–Crippen LogP) is 1.06. The van der Waals surface area contributed by atoms with Gasteiger partial charge in [-0.3, -0.25) is 4.79 Å². The fraction of sp³-hybridized carbons (Fsp3) is 0.588. The lowest BCUT2D eigenvalue weighted by molar-refractivity contribution is -0.138. The molecule has 5 rings (SSSR count). The van der Waals surface area contributed by atoms with E-state index in [0.29, 0.717) is 6.42 Å². The second kappa shape index (κ2) is 5.03. The van der Waals surface area contributed by atoms with Gasteiger partial charge in [-0.15, -0.1) is 0 Å². The number of rotatable bonds is 1. The Balaban J connectivity index is 1.53. The molecule has 0 unspecified atom stereocenters. The van der Waals surface area contributed by atoms with E-state index in [9.17, 15) is 13.2 Å². The van der Waals surface area contributed by atoms with E-state index in [1.54, 1.807) is 0 Å². The van der Waals surface area contributed by atoms with Crippen molar-refractivity contribution in [3.63, 3.8) is 0 Å². The average molecular weight is 360 g/mol. The lowest BCUT2D eigenvalue weighted by Crippen LogP contribution is -2.45. The molecule has 3 aliphatic heterocycles. The zero-order valence-electron chi connectivity index (χ0n) is 14.1. The smallest absolute Gasteiger partial charge is 0.227 e. The van der Waals surface area contributed by atoms with Gasteiger partial charge in [0.05, 0.1) is 34.9 Å². The highest BCUT2D eigenvalue weighted by atomic mass is 32.2. The van der Waals surface area contributed by atoms with E-state index in [1.165, 1.54) is 0 Å². The Bertz CT molecular complexity index is 997. The van der Waals surface area contributed by atoms with Gasteiger partial charge in [-0.05, 0) is 26.2 Å².